The van der Waals surface area contributed by atoms with Crippen molar-refractivity contribution >= 4 is 11.0 Å². The molecule has 5 heteroatoms. The molecule has 0 bridgehead atoms. The number of benzene rings is 2. The fourth-order valence-electron chi connectivity index (χ4n) is 2.77. The van der Waals surface area contributed by atoms with E-state index in [1.54, 1.807) is 12.4 Å². The number of rotatable bonds is 3. The molecule has 0 spiro atoms. The Labute approximate surface area is 138 Å². The van der Waals surface area contributed by atoms with Gasteiger partial charge in [0, 0.05) is 24.0 Å². The molecule has 0 saturated heterocycles. The molecule has 0 amide bonds. The normalized spacial score (nSPS) is 11.1. The van der Waals surface area contributed by atoms with Crippen LogP contribution in [0.25, 0.3) is 27.8 Å². The zero-order valence-corrected chi connectivity index (χ0v) is 12.9. The largest absolute Gasteiger partial charge is 0.326 e. The van der Waals surface area contributed by atoms with Crippen molar-refractivity contribution in [2.24, 2.45) is 5.73 Å². The maximum Gasteiger partial charge on any atom is 0.212 e. The molecule has 0 fully saturated rings. The molecular weight excluding hydrogens is 303 g/mol. The monoisotopic (exact) mass is 318 g/mol. The third-order valence-corrected chi connectivity index (χ3v) is 4.03. The van der Waals surface area contributed by atoms with Crippen molar-refractivity contribution in [1.82, 2.24) is 14.5 Å². The summed E-state index contributed by atoms with van der Waals surface area (Å²) >= 11 is 0. The zero-order valence-electron chi connectivity index (χ0n) is 12.9. The molecule has 4 rings (SSSR count). The number of nitrogens with two attached hydrogens (primary N) is 1. The first kappa shape index (κ1) is 14.5. The number of hydrogen-bond donors (Lipinski definition) is 1. The Morgan fingerprint density at radius 2 is 1.88 bits per heavy atom. The van der Waals surface area contributed by atoms with Gasteiger partial charge in [0.25, 0.3) is 0 Å². The minimum absolute atomic E-state index is 0.480. The maximum atomic E-state index is 13.0. The molecule has 0 saturated carbocycles. The summed E-state index contributed by atoms with van der Waals surface area (Å²) < 4.78 is 15.0. The molecule has 0 aliphatic rings. The second kappa shape index (κ2) is 5.86. The van der Waals surface area contributed by atoms with Crippen LogP contribution in [0.3, 0.4) is 0 Å². The summed E-state index contributed by atoms with van der Waals surface area (Å²) in [4.78, 5) is 8.18. The van der Waals surface area contributed by atoms with E-state index in [0.29, 0.717) is 6.54 Å². The van der Waals surface area contributed by atoms with E-state index in [4.69, 9.17) is 5.73 Å². The minimum Gasteiger partial charge on any atom is -0.326 e. The number of aromatic nitrogens is 3. The number of hydrogen-bond acceptors (Lipinski definition) is 3. The lowest BCUT2D eigenvalue weighted by Gasteiger charge is -2.08. The van der Waals surface area contributed by atoms with Crippen LogP contribution >= 0.6 is 0 Å². The average Bonchev–Trinajstić information content (AvgIpc) is 3.05. The molecule has 4 nitrogen and oxygen atoms in total. The highest BCUT2D eigenvalue weighted by molar-refractivity contribution is 5.78. The van der Waals surface area contributed by atoms with Crippen LogP contribution in [-0.4, -0.2) is 14.5 Å². The Bertz CT molecular complexity index is 1010. The Morgan fingerprint density at radius 1 is 0.958 bits per heavy atom. The number of halogens is 1. The highest BCUT2D eigenvalue weighted by Gasteiger charge is 2.07. The van der Waals surface area contributed by atoms with Crippen molar-refractivity contribution in [1.29, 1.82) is 0 Å². The molecule has 2 aromatic heterocycles. The SMILES string of the molecule is NCc1ccc2c(c1)ncn2-c1cccc(-c2ccc(F)nc2)c1. The van der Waals surface area contributed by atoms with E-state index in [0.717, 1.165) is 33.4 Å². The van der Waals surface area contributed by atoms with E-state index in [1.807, 2.05) is 47.0 Å². The molecule has 2 aromatic carbocycles. The Kier molecular flexibility index (Phi) is 3.55. The predicted molar refractivity (Wildman–Crippen MR) is 92.2 cm³/mol. The summed E-state index contributed by atoms with van der Waals surface area (Å²) in [6, 6.07) is 17.1. The second-order valence-electron chi connectivity index (χ2n) is 5.56. The van der Waals surface area contributed by atoms with E-state index < -0.39 is 5.95 Å². The lowest BCUT2D eigenvalue weighted by atomic mass is 10.1. The fourth-order valence-corrected chi connectivity index (χ4v) is 2.77. The van der Waals surface area contributed by atoms with E-state index in [9.17, 15) is 4.39 Å². The van der Waals surface area contributed by atoms with Gasteiger partial charge in [0.05, 0.1) is 11.0 Å². The van der Waals surface area contributed by atoms with Gasteiger partial charge in [0.1, 0.15) is 6.33 Å². The molecule has 0 aliphatic carbocycles. The number of imidazole rings is 1. The molecule has 0 aliphatic heterocycles. The number of fused-ring (bicyclic) bond motifs is 1. The van der Waals surface area contributed by atoms with Gasteiger partial charge in [-0.25, -0.2) is 9.97 Å². The van der Waals surface area contributed by atoms with Gasteiger partial charge in [-0.05, 0) is 47.5 Å². The van der Waals surface area contributed by atoms with Crippen molar-refractivity contribution < 1.29 is 4.39 Å². The number of nitrogens with zero attached hydrogens (tertiary/aromatic N) is 3. The quantitative estimate of drug-likeness (QED) is 0.586. The van der Waals surface area contributed by atoms with Crippen LogP contribution in [0, 0.1) is 5.95 Å². The average molecular weight is 318 g/mol. The van der Waals surface area contributed by atoms with Crippen molar-refractivity contribution in [3.63, 3.8) is 0 Å². The third-order valence-electron chi connectivity index (χ3n) is 4.03. The van der Waals surface area contributed by atoms with Gasteiger partial charge in [-0.3, -0.25) is 4.57 Å². The first-order valence-corrected chi connectivity index (χ1v) is 7.63. The summed E-state index contributed by atoms with van der Waals surface area (Å²) in [5.41, 5.74) is 11.5. The van der Waals surface area contributed by atoms with Gasteiger partial charge in [0.15, 0.2) is 0 Å². The van der Waals surface area contributed by atoms with Crippen molar-refractivity contribution in [3.05, 3.63) is 78.6 Å². The Morgan fingerprint density at radius 3 is 2.67 bits per heavy atom. The van der Waals surface area contributed by atoms with Crippen LogP contribution < -0.4 is 5.73 Å². The summed E-state index contributed by atoms with van der Waals surface area (Å²) in [6.45, 7) is 0.496. The smallest absolute Gasteiger partial charge is 0.212 e. The lowest BCUT2D eigenvalue weighted by molar-refractivity contribution is 0.584. The van der Waals surface area contributed by atoms with Gasteiger partial charge < -0.3 is 5.73 Å². The summed E-state index contributed by atoms with van der Waals surface area (Å²) in [5, 5.41) is 0. The first-order chi connectivity index (χ1) is 11.7. The van der Waals surface area contributed by atoms with Crippen LogP contribution in [0.5, 0.6) is 0 Å². The molecule has 2 N–H and O–H groups in total. The fraction of sp³-hybridized carbons (Fsp3) is 0.0526. The van der Waals surface area contributed by atoms with E-state index in [1.165, 1.54) is 12.3 Å². The second-order valence-corrected chi connectivity index (χ2v) is 5.56. The summed E-state index contributed by atoms with van der Waals surface area (Å²) in [6.07, 6.45) is 3.33. The number of pyridine rings is 1. The molecule has 0 radical (unpaired) electrons. The van der Waals surface area contributed by atoms with Gasteiger partial charge in [0.2, 0.25) is 5.95 Å². The van der Waals surface area contributed by atoms with E-state index in [2.05, 4.69) is 9.97 Å². The van der Waals surface area contributed by atoms with Gasteiger partial charge >= 0.3 is 0 Å². The topological polar surface area (TPSA) is 56.7 Å². The van der Waals surface area contributed by atoms with Gasteiger partial charge in [-0.2, -0.15) is 4.39 Å². The van der Waals surface area contributed by atoms with E-state index in [-0.39, 0.29) is 0 Å². The van der Waals surface area contributed by atoms with Crippen LogP contribution in [0.4, 0.5) is 4.39 Å². The lowest BCUT2D eigenvalue weighted by Crippen LogP contribution is -1.96. The van der Waals surface area contributed by atoms with Crippen LogP contribution in [0.15, 0.2) is 67.1 Å². The molecule has 0 atom stereocenters. The van der Waals surface area contributed by atoms with Crippen LogP contribution in [0.1, 0.15) is 5.56 Å². The van der Waals surface area contributed by atoms with Crippen molar-refractivity contribution in [3.8, 4) is 16.8 Å². The first-order valence-electron chi connectivity index (χ1n) is 7.63. The molecule has 0 unspecified atom stereocenters. The van der Waals surface area contributed by atoms with Gasteiger partial charge in [-0.1, -0.05) is 18.2 Å². The maximum absolute atomic E-state index is 13.0. The standard InChI is InChI=1S/C19H15FN4/c20-19-7-5-15(11-22-19)14-2-1-3-16(9-14)24-12-23-17-8-13(10-21)4-6-18(17)24/h1-9,11-12H,10,21H2. The Balaban J connectivity index is 1.80. The highest BCUT2D eigenvalue weighted by Crippen LogP contribution is 2.24. The Hall–Kier alpha value is -3.05. The van der Waals surface area contributed by atoms with Crippen molar-refractivity contribution in [2.75, 3.05) is 0 Å². The van der Waals surface area contributed by atoms with E-state index >= 15 is 0 Å². The third kappa shape index (κ3) is 2.55. The van der Waals surface area contributed by atoms with Gasteiger partial charge in [-0.15, -0.1) is 0 Å². The molecule has 118 valence electrons. The summed E-state index contributed by atoms with van der Waals surface area (Å²) in [5.74, 6) is -0.480. The summed E-state index contributed by atoms with van der Waals surface area (Å²) in [7, 11) is 0. The molecule has 4 aromatic rings. The molecule has 24 heavy (non-hydrogen) atoms. The van der Waals surface area contributed by atoms with Crippen LogP contribution in [0.2, 0.25) is 0 Å². The molecular formula is C19H15FN4. The van der Waals surface area contributed by atoms with Crippen molar-refractivity contribution in [2.45, 2.75) is 6.54 Å². The zero-order chi connectivity index (χ0) is 16.5. The predicted octanol–water partition coefficient (Wildman–Crippen LogP) is 3.69. The van der Waals surface area contributed by atoms with Crippen LogP contribution in [-0.2, 0) is 6.54 Å². The minimum atomic E-state index is -0.480. The highest BCUT2D eigenvalue weighted by atomic mass is 19.1. The molecule has 2 heterocycles.